The lowest BCUT2D eigenvalue weighted by Crippen LogP contribution is -2.35. The van der Waals surface area contributed by atoms with Gasteiger partial charge in [0.1, 0.15) is 11.8 Å². The minimum atomic E-state index is -0.559. The molecule has 3 aromatic carbocycles. The molecule has 0 fully saturated rings. The van der Waals surface area contributed by atoms with Crippen LogP contribution in [0, 0.1) is 0 Å². The molecular formula is C35H32N6O3S2. The number of thioether (sulfide) groups is 1. The Morgan fingerprint density at radius 2 is 1.83 bits per heavy atom. The van der Waals surface area contributed by atoms with E-state index in [9.17, 15) is 9.59 Å². The first-order chi connectivity index (χ1) is 22.6. The first-order valence-electron chi connectivity index (χ1n) is 15.3. The van der Waals surface area contributed by atoms with Crippen molar-refractivity contribution in [1.29, 1.82) is 0 Å². The summed E-state index contributed by atoms with van der Waals surface area (Å²) in [5, 5.41) is 7.37. The van der Waals surface area contributed by atoms with Crippen LogP contribution in [0.5, 0.6) is 5.75 Å². The van der Waals surface area contributed by atoms with Gasteiger partial charge >= 0.3 is 0 Å². The minimum absolute atomic E-state index is 0.0509. The van der Waals surface area contributed by atoms with Crippen molar-refractivity contribution < 1.29 is 14.3 Å². The second-order valence-corrected chi connectivity index (χ2v) is 13.3. The van der Waals surface area contributed by atoms with Crippen molar-refractivity contribution in [3.63, 3.8) is 0 Å². The van der Waals surface area contributed by atoms with Gasteiger partial charge in [-0.15, -0.1) is 0 Å². The molecule has 2 N–H and O–H groups in total. The van der Waals surface area contributed by atoms with Crippen LogP contribution < -0.4 is 15.4 Å². The number of hydrogen-bond donors (Lipinski definition) is 2. The predicted octanol–water partition coefficient (Wildman–Crippen LogP) is 6.64. The number of fused-ring (bicyclic) bond motifs is 2. The van der Waals surface area contributed by atoms with Crippen LogP contribution in [0.25, 0.3) is 10.2 Å². The molecule has 0 aliphatic carbocycles. The normalized spacial score (nSPS) is 17.3. The van der Waals surface area contributed by atoms with E-state index in [1.165, 1.54) is 11.3 Å². The zero-order valence-corrected chi connectivity index (χ0v) is 26.6. The molecule has 0 saturated heterocycles. The lowest BCUT2D eigenvalue weighted by Gasteiger charge is -2.31. The number of nitrogens with zero attached hydrogens (tertiary/aromatic N) is 4. The van der Waals surface area contributed by atoms with Gasteiger partial charge in [0.05, 0.1) is 28.7 Å². The molecule has 5 aromatic rings. The third kappa shape index (κ3) is 6.75. The maximum Gasteiger partial charge on any atom is 0.257 e. The number of hydrogen-bond acceptors (Lipinski definition) is 9. The Bertz CT molecular complexity index is 1850. The Morgan fingerprint density at radius 3 is 2.67 bits per heavy atom. The Hall–Kier alpha value is -4.74. The molecule has 46 heavy (non-hydrogen) atoms. The van der Waals surface area contributed by atoms with Gasteiger partial charge < -0.3 is 15.0 Å². The molecule has 2 aliphatic heterocycles. The number of aromatic nitrogens is 2. The average Bonchev–Trinajstić information content (AvgIpc) is 3.71. The Kier molecular flexibility index (Phi) is 8.93. The van der Waals surface area contributed by atoms with Crippen LogP contribution in [0.2, 0.25) is 0 Å². The van der Waals surface area contributed by atoms with E-state index in [1.54, 1.807) is 30.2 Å². The number of nitrogens with one attached hydrogen (secondary N) is 2. The lowest BCUT2D eigenvalue weighted by atomic mass is 9.94. The van der Waals surface area contributed by atoms with E-state index < -0.39 is 6.04 Å². The van der Waals surface area contributed by atoms with E-state index >= 15 is 0 Å². The number of amides is 2. The summed E-state index contributed by atoms with van der Waals surface area (Å²) in [6.45, 7) is 1.84. The maximum atomic E-state index is 13.5. The Morgan fingerprint density at radius 1 is 0.957 bits per heavy atom. The molecule has 0 saturated carbocycles. The number of benzene rings is 3. The van der Waals surface area contributed by atoms with Crippen LogP contribution >= 0.6 is 23.1 Å². The molecular weight excluding hydrogens is 617 g/mol. The summed E-state index contributed by atoms with van der Waals surface area (Å²) in [4.78, 5) is 43.0. The third-order valence-corrected chi connectivity index (χ3v) is 10.3. The largest absolute Gasteiger partial charge is 0.494 e. The highest BCUT2D eigenvalue weighted by Crippen LogP contribution is 2.36. The molecule has 2 aromatic heterocycles. The minimum Gasteiger partial charge on any atom is -0.494 e. The van der Waals surface area contributed by atoms with E-state index in [1.807, 2.05) is 72.8 Å². The predicted molar refractivity (Wildman–Crippen MR) is 185 cm³/mol. The van der Waals surface area contributed by atoms with Crippen LogP contribution in [0.3, 0.4) is 0 Å². The highest BCUT2D eigenvalue weighted by molar-refractivity contribution is 8.14. The number of para-hydroxylation sites is 2. The van der Waals surface area contributed by atoms with Crippen molar-refractivity contribution in [3.8, 4) is 5.75 Å². The van der Waals surface area contributed by atoms with Crippen molar-refractivity contribution in [2.24, 2.45) is 4.99 Å². The number of carbonyl (C=O) groups is 2. The molecule has 2 amide bonds. The summed E-state index contributed by atoms with van der Waals surface area (Å²) in [6, 6.07) is 26.6. The number of aliphatic imine (C=N–C) groups is 1. The van der Waals surface area contributed by atoms with Crippen LogP contribution in [-0.2, 0) is 17.8 Å². The van der Waals surface area contributed by atoms with E-state index in [-0.39, 0.29) is 17.1 Å². The monoisotopic (exact) mass is 648 g/mol. The number of thiazole rings is 1. The standard InChI is InChI=1S/C35H32N6O3S2/c42-32(40-34-38-28-14-4-5-15-29(28)45-34)26-13-6-9-23-17-19-41(22-27(23)26)35-39-31(33(43)37-24-10-7-18-36-21-24)30(46-35)16-8-20-44-25-11-2-1-3-12-25/h1-7,9-15,18,21,30-31H,8,16-17,19-20,22H2,(H,37,43)(H,38,40,42). The average molecular weight is 649 g/mol. The van der Waals surface area contributed by atoms with E-state index in [0.717, 1.165) is 58.1 Å². The SMILES string of the molecule is O=C(Nc1nc2ccccc2s1)c1cccc2c1CN(C1=NC(C(=O)Nc3cccnc3)C(CCCOc3ccccc3)S1)CC2. The fourth-order valence-corrected chi connectivity index (χ4v) is 7.93. The van der Waals surface area contributed by atoms with Gasteiger partial charge in [-0.3, -0.25) is 19.9 Å². The molecule has 0 bridgehead atoms. The van der Waals surface area contributed by atoms with E-state index in [2.05, 4.69) is 31.6 Å². The molecule has 4 heterocycles. The number of anilines is 2. The van der Waals surface area contributed by atoms with Crippen LogP contribution in [0.1, 0.15) is 34.3 Å². The zero-order chi connectivity index (χ0) is 31.3. The molecule has 2 aliphatic rings. The van der Waals surface area contributed by atoms with Gasteiger partial charge in [0.15, 0.2) is 10.3 Å². The topological polar surface area (TPSA) is 109 Å². The second-order valence-electron chi connectivity index (χ2n) is 11.1. The van der Waals surface area contributed by atoms with Crippen molar-refractivity contribution in [1.82, 2.24) is 14.9 Å². The first kappa shape index (κ1) is 29.9. The summed E-state index contributed by atoms with van der Waals surface area (Å²) in [6.07, 6.45) is 5.63. The van der Waals surface area contributed by atoms with Gasteiger partial charge in [0, 0.05) is 30.1 Å². The van der Waals surface area contributed by atoms with Crippen molar-refractivity contribution in [3.05, 3.63) is 114 Å². The molecule has 0 radical (unpaired) electrons. The number of pyridine rings is 1. The molecule has 2 unspecified atom stereocenters. The van der Waals surface area contributed by atoms with Gasteiger partial charge in [-0.25, -0.2) is 9.98 Å². The fourth-order valence-electron chi connectivity index (χ4n) is 5.72. The molecule has 11 heteroatoms. The summed E-state index contributed by atoms with van der Waals surface area (Å²) >= 11 is 3.10. The maximum absolute atomic E-state index is 13.5. The number of rotatable bonds is 9. The molecule has 9 nitrogen and oxygen atoms in total. The molecule has 0 spiro atoms. The van der Waals surface area contributed by atoms with E-state index in [0.29, 0.717) is 29.5 Å². The van der Waals surface area contributed by atoms with Gasteiger partial charge in [-0.05, 0) is 72.9 Å². The summed E-state index contributed by atoms with van der Waals surface area (Å²) in [7, 11) is 0. The molecule has 2 atom stereocenters. The summed E-state index contributed by atoms with van der Waals surface area (Å²) in [5.74, 6) is 0.501. The van der Waals surface area contributed by atoms with Crippen LogP contribution in [-0.4, -0.2) is 56.3 Å². The van der Waals surface area contributed by atoms with Gasteiger partial charge in [-0.1, -0.05) is 65.6 Å². The van der Waals surface area contributed by atoms with Crippen molar-refractivity contribution in [2.75, 3.05) is 23.8 Å². The van der Waals surface area contributed by atoms with Crippen molar-refractivity contribution in [2.45, 2.75) is 37.1 Å². The zero-order valence-electron chi connectivity index (χ0n) is 25.0. The molecule has 7 rings (SSSR count). The van der Waals surface area contributed by atoms with Crippen LogP contribution in [0.4, 0.5) is 10.8 Å². The van der Waals surface area contributed by atoms with E-state index in [4.69, 9.17) is 9.73 Å². The smallest absolute Gasteiger partial charge is 0.257 e. The fraction of sp³-hybridized carbons (Fsp3) is 0.229. The third-order valence-electron chi connectivity index (χ3n) is 8.00. The Labute approximate surface area is 275 Å². The number of amidine groups is 1. The van der Waals surface area contributed by atoms with Gasteiger partial charge in [0.25, 0.3) is 5.91 Å². The van der Waals surface area contributed by atoms with Gasteiger partial charge in [-0.2, -0.15) is 0 Å². The summed E-state index contributed by atoms with van der Waals surface area (Å²) in [5.41, 5.74) is 4.26. The number of carbonyl (C=O) groups excluding carboxylic acids is 2. The number of ether oxygens (including phenoxy) is 1. The Balaban J connectivity index is 1.07. The molecule has 232 valence electrons. The summed E-state index contributed by atoms with van der Waals surface area (Å²) < 4.78 is 6.95. The first-order valence-corrected chi connectivity index (χ1v) is 17.0. The second kappa shape index (κ2) is 13.7. The lowest BCUT2D eigenvalue weighted by molar-refractivity contribution is -0.117. The van der Waals surface area contributed by atoms with Gasteiger partial charge in [0.2, 0.25) is 5.91 Å². The quantitative estimate of drug-likeness (QED) is 0.173. The van der Waals surface area contributed by atoms with Crippen molar-refractivity contribution >= 4 is 61.1 Å². The van der Waals surface area contributed by atoms with Crippen LogP contribution in [0.15, 0.2) is 102 Å². The highest BCUT2D eigenvalue weighted by Gasteiger charge is 2.38. The highest BCUT2D eigenvalue weighted by atomic mass is 32.2.